The number of aromatic nitrogens is 4. The molecule has 0 unspecified atom stereocenters. The van der Waals surface area contributed by atoms with Gasteiger partial charge in [-0.15, -0.1) is 11.3 Å². The molecule has 36 heavy (non-hydrogen) atoms. The third kappa shape index (κ3) is 4.61. The van der Waals surface area contributed by atoms with Crippen LogP contribution >= 0.6 is 11.3 Å². The molecule has 0 saturated heterocycles. The SMILES string of the molecule is Cc1c(-c2cc(Nc3ccn(CCO)n3)c(=O)[nH]n2)ccc(F)c1NC(=O)c1cc2ccccc2s1. The van der Waals surface area contributed by atoms with Crippen LogP contribution in [0.3, 0.4) is 0 Å². The Kier molecular flexibility index (Phi) is 6.32. The van der Waals surface area contributed by atoms with E-state index in [2.05, 4.69) is 25.9 Å². The molecule has 3 heterocycles. The predicted octanol–water partition coefficient (Wildman–Crippen LogP) is 4.28. The number of hydrogen-bond acceptors (Lipinski definition) is 7. The number of H-pyrrole nitrogens is 1. The van der Waals surface area contributed by atoms with Gasteiger partial charge in [-0.25, -0.2) is 9.49 Å². The van der Waals surface area contributed by atoms with E-state index < -0.39 is 17.3 Å². The molecule has 2 aromatic carbocycles. The van der Waals surface area contributed by atoms with Crippen LogP contribution in [0.15, 0.2) is 65.6 Å². The quantitative estimate of drug-likeness (QED) is 0.262. The van der Waals surface area contributed by atoms with Gasteiger partial charge in [-0.2, -0.15) is 10.2 Å². The molecule has 0 saturated carbocycles. The van der Waals surface area contributed by atoms with Crippen molar-refractivity contribution in [3.05, 3.63) is 87.4 Å². The smallest absolute Gasteiger partial charge is 0.287 e. The maximum atomic E-state index is 14.8. The van der Waals surface area contributed by atoms with Crippen molar-refractivity contribution in [2.75, 3.05) is 17.2 Å². The van der Waals surface area contributed by atoms with Gasteiger partial charge in [0.25, 0.3) is 11.5 Å². The van der Waals surface area contributed by atoms with Crippen molar-refractivity contribution in [3.63, 3.8) is 0 Å². The summed E-state index contributed by atoms with van der Waals surface area (Å²) in [5, 5.41) is 26.4. The van der Waals surface area contributed by atoms with Crippen LogP contribution in [0.1, 0.15) is 15.2 Å². The van der Waals surface area contributed by atoms with Gasteiger partial charge in [0.1, 0.15) is 11.5 Å². The average Bonchev–Trinajstić information content (AvgIpc) is 3.50. The molecular weight excluding hydrogens is 483 g/mol. The van der Waals surface area contributed by atoms with Crippen LogP contribution in [0.25, 0.3) is 21.3 Å². The molecule has 0 aliphatic heterocycles. The Morgan fingerprint density at radius 3 is 2.83 bits per heavy atom. The number of carbonyl (C=O) groups is 1. The van der Waals surface area contributed by atoms with Crippen molar-refractivity contribution in [1.82, 2.24) is 20.0 Å². The molecule has 1 amide bonds. The summed E-state index contributed by atoms with van der Waals surface area (Å²) in [5.74, 6) is -0.577. The first-order chi connectivity index (χ1) is 17.4. The molecule has 0 aliphatic carbocycles. The average molecular weight is 505 g/mol. The number of anilines is 3. The highest BCUT2D eigenvalue weighted by Gasteiger charge is 2.18. The van der Waals surface area contributed by atoms with Gasteiger partial charge in [0.05, 0.1) is 29.4 Å². The molecule has 0 bridgehead atoms. The van der Waals surface area contributed by atoms with Crippen LogP contribution in [0, 0.1) is 12.7 Å². The van der Waals surface area contributed by atoms with Crippen molar-refractivity contribution in [2.45, 2.75) is 13.5 Å². The number of rotatable bonds is 7. The second-order valence-electron chi connectivity index (χ2n) is 8.01. The second-order valence-corrected chi connectivity index (χ2v) is 9.09. The van der Waals surface area contributed by atoms with Gasteiger partial charge in [-0.3, -0.25) is 14.3 Å². The molecule has 0 aliphatic rings. The maximum absolute atomic E-state index is 14.8. The Bertz CT molecular complexity index is 1610. The first-order valence-electron chi connectivity index (χ1n) is 11.0. The Labute approximate surface area is 208 Å². The minimum absolute atomic E-state index is 0.0419. The highest BCUT2D eigenvalue weighted by molar-refractivity contribution is 7.20. The third-order valence-electron chi connectivity index (χ3n) is 5.61. The summed E-state index contributed by atoms with van der Waals surface area (Å²) in [5.41, 5.74) is 1.14. The summed E-state index contributed by atoms with van der Waals surface area (Å²) >= 11 is 1.33. The number of thiophene rings is 1. The van der Waals surface area contributed by atoms with E-state index in [1.807, 2.05) is 24.3 Å². The fourth-order valence-corrected chi connectivity index (χ4v) is 4.77. The monoisotopic (exact) mass is 504 g/mol. The number of carbonyl (C=O) groups excluding carboxylic acids is 1. The van der Waals surface area contributed by atoms with E-state index in [1.54, 1.807) is 31.3 Å². The lowest BCUT2D eigenvalue weighted by Crippen LogP contribution is -2.15. The third-order valence-corrected chi connectivity index (χ3v) is 6.73. The normalized spacial score (nSPS) is 11.1. The van der Waals surface area contributed by atoms with Crippen LogP contribution < -0.4 is 16.2 Å². The van der Waals surface area contributed by atoms with Gasteiger partial charge >= 0.3 is 0 Å². The number of hydrogen-bond donors (Lipinski definition) is 4. The van der Waals surface area contributed by atoms with E-state index >= 15 is 0 Å². The van der Waals surface area contributed by atoms with E-state index in [4.69, 9.17) is 5.11 Å². The summed E-state index contributed by atoms with van der Waals surface area (Å²) in [6, 6.07) is 15.4. The van der Waals surface area contributed by atoms with Gasteiger partial charge < -0.3 is 15.7 Å². The first kappa shape index (κ1) is 23.4. The maximum Gasteiger partial charge on any atom is 0.287 e. The van der Waals surface area contributed by atoms with Crippen LogP contribution in [0.2, 0.25) is 0 Å². The minimum Gasteiger partial charge on any atom is -0.394 e. The van der Waals surface area contributed by atoms with E-state index in [9.17, 15) is 14.0 Å². The van der Waals surface area contributed by atoms with Crippen molar-refractivity contribution in [2.24, 2.45) is 0 Å². The van der Waals surface area contributed by atoms with Gasteiger partial charge in [0.2, 0.25) is 0 Å². The Morgan fingerprint density at radius 2 is 2.03 bits per heavy atom. The number of aromatic amines is 1. The number of nitrogens with one attached hydrogen (secondary N) is 3. The van der Waals surface area contributed by atoms with E-state index in [-0.39, 0.29) is 18.0 Å². The first-order valence-corrected chi connectivity index (χ1v) is 11.8. The number of amides is 1. The fraction of sp³-hybridized carbons (Fsp3) is 0.120. The fourth-order valence-electron chi connectivity index (χ4n) is 3.81. The van der Waals surface area contributed by atoms with Crippen LogP contribution in [-0.2, 0) is 6.54 Å². The zero-order chi connectivity index (χ0) is 25.2. The molecule has 11 heteroatoms. The molecule has 0 spiro atoms. The van der Waals surface area contributed by atoms with Crippen LogP contribution in [-0.4, -0.2) is 37.6 Å². The molecular formula is C25H21FN6O3S. The second kappa shape index (κ2) is 9.72. The lowest BCUT2D eigenvalue weighted by Gasteiger charge is -2.13. The van der Waals surface area contributed by atoms with E-state index in [0.29, 0.717) is 34.1 Å². The lowest BCUT2D eigenvalue weighted by atomic mass is 10.0. The number of fused-ring (bicyclic) bond motifs is 1. The van der Waals surface area contributed by atoms with E-state index in [0.717, 1.165) is 10.1 Å². The lowest BCUT2D eigenvalue weighted by molar-refractivity contribution is 0.103. The number of halogens is 1. The summed E-state index contributed by atoms with van der Waals surface area (Å²) in [6.45, 7) is 1.94. The van der Waals surface area contributed by atoms with Crippen LogP contribution in [0.4, 0.5) is 21.6 Å². The molecule has 5 rings (SSSR count). The highest BCUT2D eigenvalue weighted by atomic mass is 32.1. The minimum atomic E-state index is -0.581. The van der Waals surface area contributed by atoms with Gasteiger partial charge in [-0.1, -0.05) is 18.2 Å². The summed E-state index contributed by atoms with van der Waals surface area (Å²) in [7, 11) is 0. The van der Waals surface area contributed by atoms with Crippen molar-refractivity contribution >= 4 is 44.5 Å². The van der Waals surface area contributed by atoms with Gasteiger partial charge in [0, 0.05) is 22.5 Å². The molecule has 0 radical (unpaired) electrons. The molecule has 3 aromatic heterocycles. The number of aliphatic hydroxyl groups is 1. The zero-order valence-electron chi connectivity index (χ0n) is 19.1. The largest absolute Gasteiger partial charge is 0.394 e. The Hall–Kier alpha value is -4.35. The number of aliphatic hydroxyl groups excluding tert-OH is 1. The summed E-state index contributed by atoms with van der Waals surface area (Å²) < 4.78 is 17.3. The van der Waals surface area contributed by atoms with Gasteiger partial charge in [-0.05, 0) is 48.2 Å². The molecule has 0 atom stereocenters. The topological polar surface area (TPSA) is 125 Å². The Morgan fingerprint density at radius 1 is 1.19 bits per heavy atom. The molecule has 0 fully saturated rings. The predicted molar refractivity (Wildman–Crippen MR) is 137 cm³/mol. The number of benzene rings is 2. The van der Waals surface area contributed by atoms with Crippen molar-refractivity contribution in [3.8, 4) is 11.3 Å². The molecule has 5 aromatic rings. The zero-order valence-corrected chi connectivity index (χ0v) is 19.9. The number of nitrogens with zero attached hydrogens (tertiary/aromatic N) is 3. The van der Waals surface area contributed by atoms with Crippen molar-refractivity contribution in [1.29, 1.82) is 0 Å². The van der Waals surface area contributed by atoms with E-state index in [1.165, 1.54) is 28.2 Å². The van der Waals surface area contributed by atoms with Gasteiger partial charge in [0.15, 0.2) is 5.82 Å². The summed E-state index contributed by atoms with van der Waals surface area (Å²) in [4.78, 5) is 25.7. The molecule has 9 nitrogen and oxygen atoms in total. The molecule has 182 valence electrons. The highest BCUT2D eigenvalue weighted by Crippen LogP contribution is 2.32. The Balaban J connectivity index is 1.44. The molecule has 4 N–H and O–H groups in total. The van der Waals surface area contributed by atoms with Crippen molar-refractivity contribution < 1.29 is 14.3 Å². The van der Waals surface area contributed by atoms with Crippen LogP contribution in [0.5, 0.6) is 0 Å². The summed E-state index contributed by atoms with van der Waals surface area (Å²) in [6.07, 6.45) is 1.67. The standard InChI is InChI=1S/C25H21FN6O3S/c1-14-16(18-13-19(24(34)30-29-18)27-22-8-9-32(31-22)10-11-33)6-7-17(26)23(14)28-25(35)21-12-15-4-2-3-5-20(15)36-21/h2-9,12-13,33H,10-11H2,1H3,(H,28,35)(H,30,34)(H,27,29,31).